The number of rotatable bonds is 17. The Bertz CT molecular complexity index is 1240. The smallest absolute Gasteiger partial charge is 0.328 e. The van der Waals surface area contributed by atoms with Crippen LogP contribution < -0.4 is 0 Å². The van der Waals surface area contributed by atoms with Crippen LogP contribution in [0.3, 0.4) is 0 Å². The lowest BCUT2D eigenvalue weighted by molar-refractivity contribution is -0.344. The molecule has 7 atom stereocenters. The zero-order valence-electron chi connectivity index (χ0n) is 28.8. The Morgan fingerprint density at radius 2 is 1.57 bits per heavy atom. The first-order chi connectivity index (χ1) is 22.1. The van der Waals surface area contributed by atoms with Crippen LogP contribution >= 0.6 is 0 Å². The largest absolute Gasteiger partial charge is 0.481 e. The molecule has 2 fully saturated rings. The van der Waals surface area contributed by atoms with Crippen LogP contribution in [-0.4, -0.2) is 62.8 Å². The standard InChI is InChI=1S/C37H54O10/c1-7-8-20-36(47-35(44)18-17-33(40)41)22-23-37(46-31(36)15-11-26(3)24-34(42)43)21-19-29(6)30(45-37)14-10-25(2)9-12-27(4)28(5)13-16-32(38)39/h9-13,15-16,24,27-31H,7-8,14,17-23H2,1-6H3,(H,38,39)(H,40,41)(H,42,43)/b12-9+,15-11+,16-13+,25-10+,26-24+. The van der Waals surface area contributed by atoms with Gasteiger partial charge in [-0.1, -0.05) is 76.1 Å². The predicted octanol–water partition coefficient (Wildman–Crippen LogP) is 7.41. The normalized spacial score (nSPS) is 28.6. The van der Waals surface area contributed by atoms with Crippen molar-refractivity contribution in [3.8, 4) is 0 Å². The summed E-state index contributed by atoms with van der Waals surface area (Å²) in [4.78, 5) is 46.1. The molecule has 0 aliphatic carbocycles. The third-order valence-corrected chi connectivity index (χ3v) is 9.18. The monoisotopic (exact) mass is 658 g/mol. The summed E-state index contributed by atoms with van der Waals surface area (Å²) >= 11 is 0. The van der Waals surface area contributed by atoms with E-state index in [-0.39, 0.29) is 36.7 Å². The highest BCUT2D eigenvalue weighted by Gasteiger charge is 2.54. The molecule has 2 aliphatic rings. The summed E-state index contributed by atoms with van der Waals surface area (Å²) in [6, 6.07) is 0. The molecule has 0 saturated carbocycles. The number of ether oxygens (including phenoxy) is 3. The molecule has 0 aromatic rings. The van der Waals surface area contributed by atoms with Gasteiger partial charge in [-0.2, -0.15) is 0 Å². The van der Waals surface area contributed by atoms with Gasteiger partial charge in [0.05, 0.1) is 18.9 Å². The Labute approximate surface area is 279 Å². The molecule has 2 rings (SSSR count). The second-order valence-corrected chi connectivity index (χ2v) is 13.2. The SMILES string of the molecule is CCCCC1(OC(=O)CCC(=O)O)CCC2(CCC(C)C(C/C=C(C)/C=C/C(C)C(C)/C=C/C(=O)O)O2)OC1/C=C/C(C)=C/C(=O)O. The van der Waals surface area contributed by atoms with Crippen molar-refractivity contribution in [2.45, 2.75) is 129 Å². The second kappa shape index (κ2) is 18.7. The van der Waals surface area contributed by atoms with Crippen molar-refractivity contribution in [2.24, 2.45) is 17.8 Å². The van der Waals surface area contributed by atoms with Crippen LogP contribution in [0.15, 0.2) is 59.8 Å². The molecule has 0 amide bonds. The van der Waals surface area contributed by atoms with Crippen molar-refractivity contribution in [2.75, 3.05) is 0 Å². The van der Waals surface area contributed by atoms with Gasteiger partial charge in [-0.3, -0.25) is 9.59 Å². The fourth-order valence-electron chi connectivity index (χ4n) is 5.92. The number of carbonyl (C=O) groups excluding carboxylic acids is 1. The highest BCUT2D eigenvalue weighted by Crippen LogP contribution is 2.48. The summed E-state index contributed by atoms with van der Waals surface area (Å²) in [6.07, 6.45) is 17.4. The van der Waals surface area contributed by atoms with E-state index in [4.69, 9.17) is 24.4 Å². The minimum Gasteiger partial charge on any atom is -0.481 e. The van der Waals surface area contributed by atoms with Gasteiger partial charge in [0.1, 0.15) is 11.7 Å². The number of hydrogen-bond acceptors (Lipinski definition) is 7. The Morgan fingerprint density at radius 1 is 0.894 bits per heavy atom. The second-order valence-electron chi connectivity index (χ2n) is 13.2. The zero-order chi connectivity index (χ0) is 35.2. The van der Waals surface area contributed by atoms with Gasteiger partial charge in [-0.05, 0) is 69.3 Å². The number of hydrogen-bond donors (Lipinski definition) is 3. The molecule has 2 heterocycles. The van der Waals surface area contributed by atoms with Crippen molar-refractivity contribution in [1.29, 1.82) is 0 Å². The lowest BCUT2D eigenvalue weighted by Crippen LogP contribution is -2.59. The zero-order valence-corrected chi connectivity index (χ0v) is 28.8. The molecule has 10 nitrogen and oxygen atoms in total. The van der Waals surface area contributed by atoms with Crippen LogP contribution in [0.2, 0.25) is 0 Å². The molecule has 2 aliphatic heterocycles. The van der Waals surface area contributed by atoms with E-state index < -0.39 is 41.4 Å². The molecule has 0 aromatic heterocycles. The number of aliphatic carboxylic acids is 3. The molecular formula is C37H54O10. The maximum atomic E-state index is 12.9. The third kappa shape index (κ3) is 13.3. The topological polar surface area (TPSA) is 157 Å². The van der Waals surface area contributed by atoms with Crippen molar-refractivity contribution < 1.29 is 48.7 Å². The van der Waals surface area contributed by atoms with Crippen LogP contribution in [0.5, 0.6) is 0 Å². The molecule has 0 radical (unpaired) electrons. The Kier molecular flexibility index (Phi) is 15.8. The molecule has 10 heteroatoms. The van der Waals surface area contributed by atoms with Gasteiger partial charge < -0.3 is 29.5 Å². The van der Waals surface area contributed by atoms with Crippen molar-refractivity contribution in [1.82, 2.24) is 0 Å². The van der Waals surface area contributed by atoms with Crippen LogP contribution in [0.4, 0.5) is 0 Å². The number of carboxylic acids is 3. The molecule has 47 heavy (non-hydrogen) atoms. The molecule has 2 saturated heterocycles. The fourth-order valence-corrected chi connectivity index (χ4v) is 5.92. The van der Waals surface area contributed by atoms with E-state index >= 15 is 0 Å². The molecule has 7 unspecified atom stereocenters. The summed E-state index contributed by atoms with van der Waals surface area (Å²) in [5.41, 5.74) is 0.515. The van der Waals surface area contributed by atoms with E-state index in [2.05, 4.69) is 19.1 Å². The maximum Gasteiger partial charge on any atom is 0.328 e. The highest BCUT2D eigenvalue weighted by molar-refractivity contribution is 5.81. The number of allylic oxidation sites excluding steroid dienone is 6. The summed E-state index contributed by atoms with van der Waals surface area (Å²) in [5.74, 6) is -4.14. The lowest BCUT2D eigenvalue weighted by Gasteiger charge is -2.53. The first kappa shape index (κ1) is 39.7. The van der Waals surface area contributed by atoms with Crippen LogP contribution in [0.25, 0.3) is 0 Å². The first-order valence-electron chi connectivity index (χ1n) is 16.7. The quantitative estimate of drug-likeness (QED) is 0.0817. The summed E-state index contributed by atoms with van der Waals surface area (Å²) in [5, 5.41) is 27.2. The molecule has 0 bridgehead atoms. The van der Waals surface area contributed by atoms with Gasteiger partial charge in [0, 0.05) is 25.0 Å². The summed E-state index contributed by atoms with van der Waals surface area (Å²) in [7, 11) is 0. The van der Waals surface area contributed by atoms with Crippen molar-refractivity contribution in [3.05, 3.63) is 59.8 Å². The number of carbonyl (C=O) groups is 4. The first-order valence-corrected chi connectivity index (χ1v) is 16.7. The number of esters is 1. The van der Waals surface area contributed by atoms with Gasteiger partial charge in [-0.25, -0.2) is 9.59 Å². The average molecular weight is 659 g/mol. The minimum atomic E-state index is -1.08. The van der Waals surface area contributed by atoms with E-state index in [1.807, 2.05) is 33.8 Å². The van der Waals surface area contributed by atoms with E-state index in [0.717, 1.165) is 30.9 Å². The Hall–Kier alpha value is -3.50. The Balaban J connectivity index is 2.31. The average Bonchev–Trinajstić information content (AvgIpc) is 3.01. The summed E-state index contributed by atoms with van der Waals surface area (Å²) < 4.78 is 19.6. The van der Waals surface area contributed by atoms with Crippen LogP contribution in [-0.2, 0) is 33.4 Å². The Morgan fingerprint density at radius 3 is 2.19 bits per heavy atom. The van der Waals surface area contributed by atoms with Gasteiger partial charge in [0.25, 0.3) is 0 Å². The van der Waals surface area contributed by atoms with Crippen LogP contribution in [0.1, 0.15) is 106 Å². The summed E-state index contributed by atoms with van der Waals surface area (Å²) in [6.45, 7) is 11.9. The van der Waals surface area contributed by atoms with Crippen LogP contribution in [0, 0.1) is 17.8 Å². The van der Waals surface area contributed by atoms with Gasteiger partial charge in [-0.15, -0.1) is 0 Å². The molecular weight excluding hydrogens is 604 g/mol. The van der Waals surface area contributed by atoms with Gasteiger partial charge in [0.2, 0.25) is 0 Å². The molecule has 1 spiro atoms. The number of unbranched alkanes of at least 4 members (excludes halogenated alkanes) is 1. The van der Waals surface area contributed by atoms with E-state index in [1.165, 1.54) is 6.08 Å². The maximum absolute atomic E-state index is 12.9. The molecule has 0 aromatic carbocycles. The predicted molar refractivity (Wildman–Crippen MR) is 178 cm³/mol. The third-order valence-electron chi connectivity index (χ3n) is 9.18. The van der Waals surface area contributed by atoms with Gasteiger partial charge >= 0.3 is 23.9 Å². The van der Waals surface area contributed by atoms with E-state index in [0.29, 0.717) is 37.7 Å². The van der Waals surface area contributed by atoms with E-state index in [1.54, 1.807) is 25.2 Å². The van der Waals surface area contributed by atoms with E-state index in [9.17, 15) is 24.3 Å². The lowest BCUT2D eigenvalue weighted by atomic mass is 9.78. The van der Waals surface area contributed by atoms with Crippen molar-refractivity contribution >= 4 is 23.9 Å². The minimum absolute atomic E-state index is 0.0754. The van der Waals surface area contributed by atoms with Gasteiger partial charge in [0.15, 0.2) is 5.79 Å². The molecule has 3 N–H and O–H groups in total. The highest BCUT2D eigenvalue weighted by atomic mass is 16.7. The number of carboxylic acid groups (broad SMARTS) is 3. The fraction of sp³-hybridized carbons (Fsp3) is 0.622. The molecule has 262 valence electrons. The van der Waals surface area contributed by atoms with Crippen molar-refractivity contribution in [3.63, 3.8) is 0 Å².